The van der Waals surface area contributed by atoms with Crippen LogP contribution in [0.25, 0.3) is 0 Å². The molecule has 1 aliphatic carbocycles. The highest BCUT2D eigenvalue weighted by Crippen LogP contribution is 2.26. The van der Waals surface area contributed by atoms with Crippen molar-refractivity contribution in [1.82, 2.24) is 20.4 Å². The number of nitrogens with one attached hydrogen (secondary N) is 2. The van der Waals surface area contributed by atoms with E-state index in [1.807, 2.05) is 11.0 Å². The Hall–Kier alpha value is -1.85. The fourth-order valence-electron chi connectivity index (χ4n) is 3.82. The average molecular weight is 332 g/mol. The quantitative estimate of drug-likeness (QED) is 0.868. The maximum absolute atomic E-state index is 12.6. The van der Waals surface area contributed by atoms with Crippen LogP contribution < -0.4 is 5.32 Å². The van der Waals surface area contributed by atoms with E-state index < -0.39 is 0 Å². The minimum Gasteiger partial charge on any atom is -0.346 e. The molecule has 0 bridgehead atoms. The number of likely N-dealkylation sites (tertiary alicyclic amines) is 1. The number of amides is 2. The molecule has 132 valence electrons. The normalized spacial score (nSPS) is 21.9. The Kier molecular flexibility index (Phi) is 5.53. The number of rotatable bonds is 5. The zero-order valence-corrected chi connectivity index (χ0v) is 14.5. The SMILES string of the molecule is CCCc1cc(C(=O)NC2CCN(C(=O)C3CCCCC3)C2)n[nH]1. The second-order valence-electron chi connectivity index (χ2n) is 7.11. The Morgan fingerprint density at radius 3 is 2.83 bits per heavy atom. The van der Waals surface area contributed by atoms with Crippen LogP contribution in [0.15, 0.2) is 6.07 Å². The zero-order valence-electron chi connectivity index (χ0n) is 14.5. The highest BCUT2D eigenvalue weighted by molar-refractivity contribution is 5.92. The van der Waals surface area contributed by atoms with Gasteiger partial charge in [0, 0.05) is 30.7 Å². The Morgan fingerprint density at radius 2 is 2.08 bits per heavy atom. The lowest BCUT2D eigenvalue weighted by atomic mass is 9.88. The lowest BCUT2D eigenvalue weighted by molar-refractivity contribution is -0.135. The van der Waals surface area contributed by atoms with Crippen molar-refractivity contribution in [2.75, 3.05) is 13.1 Å². The van der Waals surface area contributed by atoms with Crippen LogP contribution in [0, 0.1) is 5.92 Å². The smallest absolute Gasteiger partial charge is 0.272 e. The number of aromatic amines is 1. The molecule has 2 N–H and O–H groups in total. The largest absolute Gasteiger partial charge is 0.346 e. The molecule has 0 radical (unpaired) electrons. The third-order valence-electron chi connectivity index (χ3n) is 5.17. The van der Waals surface area contributed by atoms with Crippen LogP contribution >= 0.6 is 0 Å². The van der Waals surface area contributed by atoms with Crippen molar-refractivity contribution in [3.05, 3.63) is 17.5 Å². The van der Waals surface area contributed by atoms with E-state index in [0.717, 1.165) is 44.3 Å². The van der Waals surface area contributed by atoms with Crippen LogP contribution in [0.2, 0.25) is 0 Å². The molecule has 2 heterocycles. The van der Waals surface area contributed by atoms with Gasteiger partial charge >= 0.3 is 0 Å². The van der Waals surface area contributed by atoms with Crippen molar-refractivity contribution in [1.29, 1.82) is 0 Å². The van der Waals surface area contributed by atoms with E-state index in [1.54, 1.807) is 0 Å². The molecule has 1 unspecified atom stereocenters. The van der Waals surface area contributed by atoms with Crippen LogP contribution in [0.4, 0.5) is 0 Å². The molecule has 2 aliphatic rings. The lowest BCUT2D eigenvalue weighted by Crippen LogP contribution is -2.40. The highest BCUT2D eigenvalue weighted by atomic mass is 16.2. The third-order valence-corrected chi connectivity index (χ3v) is 5.17. The van der Waals surface area contributed by atoms with Crippen molar-refractivity contribution in [3.8, 4) is 0 Å². The predicted molar refractivity (Wildman–Crippen MR) is 91.6 cm³/mol. The Bertz CT molecular complexity index is 577. The van der Waals surface area contributed by atoms with Gasteiger partial charge in [-0.2, -0.15) is 5.10 Å². The number of carbonyl (C=O) groups is 2. The first-order valence-electron chi connectivity index (χ1n) is 9.31. The van der Waals surface area contributed by atoms with E-state index in [9.17, 15) is 9.59 Å². The first-order valence-corrected chi connectivity index (χ1v) is 9.31. The summed E-state index contributed by atoms with van der Waals surface area (Å²) in [7, 11) is 0. The van der Waals surface area contributed by atoms with Gasteiger partial charge in [0.15, 0.2) is 0 Å². The molecular weight excluding hydrogens is 304 g/mol. The number of aromatic nitrogens is 2. The van der Waals surface area contributed by atoms with Gasteiger partial charge in [0.1, 0.15) is 5.69 Å². The van der Waals surface area contributed by atoms with E-state index >= 15 is 0 Å². The Labute approximate surface area is 143 Å². The average Bonchev–Trinajstić information content (AvgIpc) is 3.25. The summed E-state index contributed by atoms with van der Waals surface area (Å²) in [6, 6.07) is 1.86. The fourth-order valence-corrected chi connectivity index (χ4v) is 3.82. The minimum atomic E-state index is -0.148. The van der Waals surface area contributed by atoms with Gasteiger partial charge < -0.3 is 10.2 Å². The second kappa shape index (κ2) is 7.81. The molecule has 1 aromatic heterocycles. The molecule has 0 spiro atoms. The van der Waals surface area contributed by atoms with Crippen LogP contribution in [0.5, 0.6) is 0 Å². The molecule has 1 aliphatic heterocycles. The maximum atomic E-state index is 12.6. The molecule has 0 aromatic carbocycles. The first kappa shape index (κ1) is 17.0. The molecule has 1 atom stereocenters. The van der Waals surface area contributed by atoms with E-state index in [2.05, 4.69) is 22.4 Å². The summed E-state index contributed by atoms with van der Waals surface area (Å²) in [6.07, 6.45) is 8.40. The molecule has 2 fully saturated rings. The van der Waals surface area contributed by atoms with Gasteiger partial charge in [-0.3, -0.25) is 14.7 Å². The maximum Gasteiger partial charge on any atom is 0.272 e. The lowest BCUT2D eigenvalue weighted by Gasteiger charge is -2.26. The summed E-state index contributed by atoms with van der Waals surface area (Å²) in [5, 5.41) is 10.0. The van der Waals surface area contributed by atoms with Crippen LogP contribution in [0.1, 0.15) is 68.1 Å². The number of nitrogens with zero attached hydrogens (tertiary/aromatic N) is 2. The molecule has 2 amide bonds. The van der Waals surface area contributed by atoms with E-state index in [-0.39, 0.29) is 23.8 Å². The summed E-state index contributed by atoms with van der Waals surface area (Å²) < 4.78 is 0. The fraction of sp³-hybridized carbons (Fsp3) is 0.722. The summed E-state index contributed by atoms with van der Waals surface area (Å²) in [4.78, 5) is 26.8. The van der Waals surface area contributed by atoms with Gasteiger partial charge in [-0.1, -0.05) is 32.6 Å². The molecular formula is C18H28N4O2. The second-order valence-corrected chi connectivity index (χ2v) is 7.11. The number of H-pyrrole nitrogens is 1. The van der Waals surface area contributed by atoms with Gasteiger partial charge in [0.2, 0.25) is 5.91 Å². The summed E-state index contributed by atoms with van der Waals surface area (Å²) >= 11 is 0. The van der Waals surface area contributed by atoms with Gasteiger partial charge in [-0.05, 0) is 31.7 Å². The molecule has 3 rings (SSSR count). The monoisotopic (exact) mass is 332 g/mol. The third kappa shape index (κ3) is 3.97. The molecule has 6 nitrogen and oxygen atoms in total. The number of hydrogen-bond acceptors (Lipinski definition) is 3. The van der Waals surface area contributed by atoms with E-state index in [1.165, 1.54) is 19.3 Å². The number of hydrogen-bond donors (Lipinski definition) is 2. The Morgan fingerprint density at radius 1 is 1.29 bits per heavy atom. The first-order chi connectivity index (χ1) is 11.7. The molecule has 1 aromatic rings. The van der Waals surface area contributed by atoms with Crippen molar-refractivity contribution >= 4 is 11.8 Å². The van der Waals surface area contributed by atoms with Crippen molar-refractivity contribution in [2.45, 2.75) is 64.3 Å². The van der Waals surface area contributed by atoms with Crippen molar-refractivity contribution < 1.29 is 9.59 Å². The minimum absolute atomic E-state index is 0.0383. The predicted octanol–water partition coefficient (Wildman–Crippen LogP) is 2.27. The Balaban J connectivity index is 1.49. The zero-order chi connectivity index (χ0) is 16.9. The van der Waals surface area contributed by atoms with Crippen LogP contribution in [0.3, 0.4) is 0 Å². The van der Waals surface area contributed by atoms with Gasteiger partial charge in [-0.15, -0.1) is 0 Å². The molecule has 6 heteroatoms. The topological polar surface area (TPSA) is 78.1 Å². The highest BCUT2D eigenvalue weighted by Gasteiger charge is 2.32. The van der Waals surface area contributed by atoms with Gasteiger partial charge in [-0.25, -0.2) is 0 Å². The number of aryl methyl sites for hydroxylation is 1. The van der Waals surface area contributed by atoms with Gasteiger partial charge in [0.25, 0.3) is 5.91 Å². The van der Waals surface area contributed by atoms with E-state index in [0.29, 0.717) is 12.2 Å². The van der Waals surface area contributed by atoms with Crippen molar-refractivity contribution in [2.24, 2.45) is 5.92 Å². The molecule has 1 saturated heterocycles. The molecule has 24 heavy (non-hydrogen) atoms. The molecule has 1 saturated carbocycles. The van der Waals surface area contributed by atoms with Gasteiger partial charge in [0.05, 0.1) is 0 Å². The standard InChI is InChI=1S/C18H28N4O2/c1-2-6-14-11-16(21-20-14)17(23)19-15-9-10-22(12-15)18(24)13-7-4-3-5-8-13/h11,13,15H,2-10,12H2,1H3,(H,19,23)(H,20,21). The summed E-state index contributed by atoms with van der Waals surface area (Å²) in [5.74, 6) is 0.346. The van der Waals surface area contributed by atoms with Crippen molar-refractivity contribution in [3.63, 3.8) is 0 Å². The number of carbonyl (C=O) groups excluding carboxylic acids is 2. The van der Waals surface area contributed by atoms with Crippen LogP contribution in [-0.2, 0) is 11.2 Å². The summed E-state index contributed by atoms with van der Waals surface area (Å²) in [5.41, 5.74) is 1.43. The summed E-state index contributed by atoms with van der Waals surface area (Å²) in [6.45, 7) is 3.48. The van der Waals surface area contributed by atoms with Crippen LogP contribution in [-0.4, -0.2) is 46.0 Å². The van der Waals surface area contributed by atoms with E-state index in [4.69, 9.17) is 0 Å².